The molecule has 0 saturated carbocycles. The molecule has 2 aliphatic rings. The number of aliphatic hydroxyl groups is 1. The average molecular weight is 290 g/mol. The van der Waals surface area contributed by atoms with Crippen LogP contribution in [0.2, 0.25) is 0 Å². The fourth-order valence-corrected chi connectivity index (χ4v) is 3.45. The summed E-state index contributed by atoms with van der Waals surface area (Å²) in [4.78, 5) is 4.81. The molecule has 1 aromatic rings. The predicted octanol–water partition coefficient (Wildman–Crippen LogP) is 1.73. The maximum atomic E-state index is 9.56. The third-order valence-corrected chi connectivity index (χ3v) is 4.64. The molecule has 0 aromatic heterocycles. The highest BCUT2D eigenvalue weighted by Crippen LogP contribution is 2.30. The van der Waals surface area contributed by atoms with Crippen LogP contribution in [-0.4, -0.2) is 56.5 Å². The van der Waals surface area contributed by atoms with Gasteiger partial charge in [-0.15, -0.1) is 0 Å². The quantitative estimate of drug-likeness (QED) is 0.865. The Morgan fingerprint density at radius 3 is 2.57 bits per heavy atom. The first kappa shape index (κ1) is 14.8. The standard InChI is InChI=1S/C17H26N2O2/c1-18(11-17(12-20)13-21-14-17)10-15-6-2-3-7-16(15)19-8-4-5-9-19/h2-3,6-7,20H,4-5,8-14H2,1H3. The van der Waals surface area contributed by atoms with E-state index in [9.17, 15) is 5.11 Å². The largest absolute Gasteiger partial charge is 0.396 e. The van der Waals surface area contributed by atoms with Crippen molar-refractivity contribution in [1.82, 2.24) is 4.90 Å². The SMILES string of the molecule is CN(Cc1ccccc1N1CCCC1)CC1(CO)COC1. The van der Waals surface area contributed by atoms with Gasteiger partial charge in [0.25, 0.3) is 0 Å². The summed E-state index contributed by atoms with van der Waals surface area (Å²) in [5.41, 5.74) is 2.72. The van der Waals surface area contributed by atoms with Crippen molar-refractivity contribution >= 4 is 5.69 Å². The Kier molecular flexibility index (Phi) is 4.48. The van der Waals surface area contributed by atoms with Crippen LogP contribution in [0.1, 0.15) is 18.4 Å². The minimum Gasteiger partial charge on any atom is -0.396 e. The van der Waals surface area contributed by atoms with Crippen LogP contribution in [0.15, 0.2) is 24.3 Å². The Morgan fingerprint density at radius 1 is 1.24 bits per heavy atom. The Hall–Kier alpha value is -1.10. The van der Waals surface area contributed by atoms with Gasteiger partial charge >= 0.3 is 0 Å². The van der Waals surface area contributed by atoms with Gasteiger partial charge in [0.15, 0.2) is 0 Å². The molecule has 0 spiro atoms. The Labute approximate surface area is 127 Å². The molecule has 0 amide bonds. The molecule has 0 aliphatic carbocycles. The summed E-state index contributed by atoms with van der Waals surface area (Å²) in [5, 5.41) is 9.56. The van der Waals surface area contributed by atoms with Crippen molar-refractivity contribution in [1.29, 1.82) is 0 Å². The summed E-state index contributed by atoms with van der Waals surface area (Å²) >= 11 is 0. The molecule has 0 atom stereocenters. The molecule has 116 valence electrons. The molecule has 2 fully saturated rings. The second kappa shape index (κ2) is 6.34. The van der Waals surface area contributed by atoms with E-state index in [1.807, 2.05) is 0 Å². The summed E-state index contributed by atoms with van der Waals surface area (Å²) in [5.74, 6) is 0. The number of hydrogen-bond acceptors (Lipinski definition) is 4. The van der Waals surface area contributed by atoms with E-state index in [1.165, 1.54) is 37.2 Å². The fraction of sp³-hybridized carbons (Fsp3) is 0.647. The van der Waals surface area contributed by atoms with E-state index in [0.29, 0.717) is 13.2 Å². The highest BCUT2D eigenvalue weighted by molar-refractivity contribution is 5.54. The lowest BCUT2D eigenvalue weighted by Crippen LogP contribution is -2.52. The first-order chi connectivity index (χ1) is 10.2. The smallest absolute Gasteiger partial charge is 0.0579 e. The molecule has 3 rings (SSSR count). The van der Waals surface area contributed by atoms with Crippen LogP contribution >= 0.6 is 0 Å². The van der Waals surface area contributed by atoms with Gasteiger partial charge in [0.1, 0.15) is 0 Å². The van der Waals surface area contributed by atoms with Crippen LogP contribution in [-0.2, 0) is 11.3 Å². The third-order valence-electron chi connectivity index (χ3n) is 4.64. The van der Waals surface area contributed by atoms with E-state index in [1.54, 1.807) is 0 Å². The first-order valence-electron chi connectivity index (χ1n) is 7.92. The molecule has 1 N–H and O–H groups in total. The highest BCUT2D eigenvalue weighted by atomic mass is 16.5. The van der Waals surface area contributed by atoms with Gasteiger partial charge in [-0.2, -0.15) is 0 Å². The van der Waals surface area contributed by atoms with Gasteiger partial charge in [0.2, 0.25) is 0 Å². The third kappa shape index (κ3) is 3.23. The topological polar surface area (TPSA) is 35.9 Å². The second-order valence-corrected chi connectivity index (χ2v) is 6.65. The van der Waals surface area contributed by atoms with Gasteiger partial charge in [-0.05, 0) is 31.5 Å². The normalized spacial score (nSPS) is 20.8. The van der Waals surface area contributed by atoms with Crippen LogP contribution in [0.5, 0.6) is 0 Å². The van der Waals surface area contributed by atoms with Gasteiger partial charge in [0.05, 0.1) is 25.2 Å². The monoisotopic (exact) mass is 290 g/mol. The van der Waals surface area contributed by atoms with Crippen LogP contribution in [0.4, 0.5) is 5.69 Å². The molecule has 2 saturated heterocycles. The summed E-state index contributed by atoms with van der Waals surface area (Å²) in [6.45, 7) is 5.74. The number of ether oxygens (including phenoxy) is 1. The van der Waals surface area contributed by atoms with Crippen molar-refractivity contribution in [3.8, 4) is 0 Å². The number of aliphatic hydroxyl groups excluding tert-OH is 1. The van der Waals surface area contributed by atoms with Crippen molar-refractivity contribution in [3.63, 3.8) is 0 Å². The van der Waals surface area contributed by atoms with Crippen LogP contribution in [0.25, 0.3) is 0 Å². The van der Waals surface area contributed by atoms with Gasteiger partial charge in [-0.3, -0.25) is 0 Å². The van der Waals surface area contributed by atoms with E-state index in [0.717, 1.165) is 13.1 Å². The minimum absolute atomic E-state index is 0.0443. The Balaban J connectivity index is 1.66. The minimum atomic E-state index is -0.0443. The summed E-state index contributed by atoms with van der Waals surface area (Å²) in [6.07, 6.45) is 2.60. The number of benzene rings is 1. The maximum Gasteiger partial charge on any atom is 0.0579 e. The zero-order valence-corrected chi connectivity index (χ0v) is 12.9. The van der Waals surface area contributed by atoms with Crippen molar-refractivity contribution in [3.05, 3.63) is 29.8 Å². The van der Waals surface area contributed by atoms with E-state index in [2.05, 4.69) is 41.1 Å². The van der Waals surface area contributed by atoms with Crippen molar-refractivity contribution in [2.24, 2.45) is 5.41 Å². The highest BCUT2D eigenvalue weighted by Gasteiger charge is 2.39. The van der Waals surface area contributed by atoms with Crippen molar-refractivity contribution in [2.75, 3.05) is 51.4 Å². The van der Waals surface area contributed by atoms with Gasteiger partial charge < -0.3 is 19.6 Å². The fourth-order valence-electron chi connectivity index (χ4n) is 3.45. The molecule has 0 unspecified atom stereocenters. The average Bonchev–Trinajstić information content (AvgIpc) is 2.97. The van der Waals surface area contributed by atoms with E-state index in [-0.39, 0.29) is 12.0 Å². The number of nitrogens with zero attached hydrogens (tertiary/aromatic N) is 2. The van der Waals surface area contributed by atoms with E-state index in [4.69, 9.17) is 4.74 Å². The zero-order valence-electron chi connectivity index (χ0n) is 12.9. The lowest BCUT2D eigenvalue weighted by atomic mass is 9.86. The summed E-state index contributed by atoms with van der Waals surface area (Å²) < 4.78 is 5.29. The number of para-hydroxylation sites is 1. The zero-order chi connectivity index (χ0) is 14.7. The maximum absolute atomic E-state index is 9.56. The van der Waals surface area contributed by atoms with Crippen LogP contribution < -0.4 is 4.90 Å². The van der Waals surface area contributed by atoms with Crippen molar-refractivity contribution in [2.45, 2.75) is 19.4 Å². The van der Waals surface area contributed by atoms with Crippen molar-refractivity contribution < 1.29 is 9.84 Å². The Bertz CT molecular complexity index is 462. The van der Waals surface area contributed by atoms with Crippen LogP contribution in [0.3, 0.4) is 0 Å². The molecular formula is C17H26N2O2. The molecule has 4 nitrogen and oxygen atoms in total. The molecule has 2 heterocycles. The molecule has 4 heteroatoms. The molecule has 0 radical (unpaired) electrons. The van der Waals surface area contributed by atoms with Crippen LogP contribution in [0, 0.1) is 5.41 Å². The van der Waals surface area contributed by atoms with E-state index >= 15 is 0 Å². The Morgan fingerprint density at radius 2 is 1.95 bits per heavy atom. The number of anilines is 1. The summed E-state index contributed by atoms with van der Waals surface area (Å²) in [6, 6.07) is 8.72. The van der Waals surface area contributed by atoms with E-state index < -0.39 is 0 Å². The number of hydrogen-bond donors (Lipinski definition) is 1. The first-order valence-corrected chi connectivity index (χ1v) is 7.92. The van der Waals surface area contributed by atoms with Gasteiger partial charge in [0, 0.05) is 31.9 Å². The molecular weight excluding hydrogens is 264 g/mol. The van der Waals surface area contributed by atoms with Gasteiger partial charge in [-0.25, -0.2) is 0 Å². The lowest BCUT2D eigenvalue weighted by molar-refractivity contribution is -0.147. The molecule has 21 heavy (non-hydrogen) atoms. The molecule has 1 aromatic carbocycles. The summed E-state index contributed by atoms with van der Waals surface area (Å²) in [7, 11) is 2.14. The number of rotatable bonds is 6. The molecule has 0 bridgehead atoms. The lowest BCUT2D eigenvalue weighted by Gasteiger charge is -2.42. The molecule has 2 aliphatic heterocycles. The predicted molar refractivity (Wildman–Crippen MR) is 84.6 cm³/mol. The van der Waals surface area contributed by atoms with Gasteiger partial charge in [-0.1, -0.05) is 18.2 Å². The second-order valence-electron chi connectivity index (χ2n) is 6.65.